The summed E-state index contributed by atoms with van der Waals surface area (Å²) in [5.74, 6) is -0.294. The number of nitrogens with one attached hydrogen (secondary N) is 1. The first-order valence-electron chi connectivity index (χ1n) is 4.75. The average Bonchev–Trinajstić information content (AvgIpc) is 2.43. The standard InChI is InChI=1S/C9H15N3O2S/c1-5-9(4)12(7(3)14)11-8(15-9)10-6(2)13/h5H2,1-4H3,(H,10,11,13)/t9-/m0/s1. The van der Waals surface area contributed by atoms with E-state index in [2.05, 4.69) is 10.4 Å². The van der Waals surface area contributed by atoms with Crippen LogP contribution in [-0.2, 0) is 9.59 Å². The molecule has 0 saturated carbocycles. The smallest absolute Gasteiger partial charge is 0.240 e. The monoisotopic (exact) mass is 229 g/mol. The summed E-state index contributed by atoms with van der Waals surface area (Å²) in [5.41, 5.74) is 0. The van der Waals surface area contributed by atoms with Gasteiger partial charge in [0.05, 0.1) is 0 Å². The molecule has 6 heteroatoms. The van der Waals surface area contributed by atoms with Crippen LogP contribution in [0.4, 0.5) is 0 Å². The van der Waals surface area contributed by atoms with Crippen molar-refractivity contribution < 1.29 is 9.59 Å². The molecule has 0 bridgehead atoms. The van der Waals surface area contributed by atoms with Gasteiger partial charge in [-0.2, -0.15) is 0 Å². The molecule has 1 aliphatic rings. The van der Waals surface area contributed by atoms with E-state index in [0.29, 0.717) is 5.17 Å². The lowest BCUT2D eigenvalue weighted by atomic mass is 10.2. The minimum absolute atomic E-state index is 0.118. The predicted octanol–water partition coefficient (Wildman–Crippen LogP) is 1.11. The van der Waals surface area contributed by atoms with Gasteiger partial charge in [0.15, 0.2) is 5.17 Å². The van der Waals surface area contributed by atoms with Gasteiger partial charge in [0.1, 0.15) is 4.87 Å². The summed E-state index contributed by atoms with van der Waals surface area (Å²) in [5, 5.41) is 8.59. The molecule has 1 atom stereocenters. The number of hydrogen-bond acceptors (Lipinski definition) is 4. The Balaban J connectivity index is 2.86. The largest absolute Gasteiger partial charge is 0.304 e. The quantitative estimate of drug-likeness (QED) is 0.732. The molecular formula is C9H15N3O2S. The van der Waals surface area contributed by atoms with Gasteiger partial charge in [0, 0.05) is 13.8 Å². The van der Waals surface area contributed by atoms with Crippen LogP contribution in [0.2, 0.25) is 0 Å². The SMILES string of the molecule is CC[C@]1(C)SC(NC(C)=O)=NN1C(C)=O. The number of hydrogen-bond donors (Lipinski definition) is 1. The van der Waals surface area contributed by atoms with E-state index in [-0.39, 0.29) is 16.7 Å². The van der Waals surface area contributed by atoms with Crippen LogP contribution < -0.4 is 5.32 Å². The van der Waals surface area contributed by atoms with Crippen molar-refractivity contribution in [3.05, 3.63) is 0 Å². The Labute approximate surface area is 93.3 Å². The van der Waals surface area contributed by atoms with Crippen molar-refractivity contribution in [2.24, 2.45) is 5.10 Å². The molecule has 0 fully saturated rings. The lowest BCUT2D eigenvalue weighted by Gasteiger charge is -2.28. The van der Waals surface area contributed by atoms with E-state index in [1.807, 2.05) is 13.8 Å². The minimum atomic E-state index is -0.385. The van der Waals surface area contributed by atoms with Crippen LogP contribution in [0.5, 0.6) is 0 Å². The Bertz CT molecular complexity index is 329. The number of hydrazone groups is 1. The molecule has 1 aliphatic heterocycles. The van der Waals surface area contributed by atoms with E-state index >= 15 is 0 Å². The van der Waals surface area contributed by atoms with Crippen LogP contribution in [0.1, 0.15) is 34.1 Å². The fourth-order valence-electron chi connectivity index (χ4n) is 1.30. The molecule has 0 aromatic rings. The van der Waals surface area contributed by atoms with E-state index in [0.717, 1.165) is 6.42 Å². The topological polar surface area (TPSA) is 61.8 Å². The third kappa shape index (κ3) is 2.50. The summed E-state index contributed by atoms with van der Waals surface area (Å²) in [7, 11) is 0. The first kappa shape index (κ1) is 12.0. The number of amides is 2. The van der Waals surface area contributed by atoms with Crippen LogP contribution >= 0.6 is 11.8 Å². The molecule has 0 unspecified atom stereocenters. The molecule has 84 valence electrons. The molecule has 5 nitrogen and oxygen atoms in total. The Morgan fingerprint density at radius 1 is 1.53 bits per heavy atom. The highest BCUT2D eigenvalue weighted by atomic mass is 32.2. The Morgan fingerprint density at radius 2 is 2.13 bits per heavy atom. The first-order chi connectivity index (χ1) is 6.89. The van der Waals surface area contributed by atoms with E-state index in [9.17, 15) is 9.59 Å². The second-order valence-corrected chi connectivity index (χ2v) is 5.02. The molecule has 0 radical (unpaired) electrons. The molecule has 1 heterocycles. The summed E-state index contributed by atoms with van der Waals surface area (Å²) in [4.78, 5) is 21.8. The lowest BCUT2D eigenvalue weighted by molar-refractivity contribution is -0.131. The van der Waals surface area contributed by atoms with Gasteiger partial charge in [-0.05, 0) is 13.3 Å². The third-order valence-electron chi connectivity index (χ3n) is 2.19. The van der Waals surface area contributed by atoms with E-state index < -0.39 is 0 Å². The van der Waals surface area contributed by atoms with E-state index in [4.69, 9.17) is 0 Å². The maximum absolute atomic E-state index is 11.3. The van der Waals surface area contributed by atoms with Crippen LogP contribution in [0.15, 0.2) is 5.10 Å². The minimum Gasteiger partial charge on any atom is -0.304 e. The highest BCUT2D eigenvalue weighted by Crippen LogP contribution is 2.38. The molecule has 0 aromatic heterocycles. The summed E-state index contributed by atoms with van der Waals surface area (Å²) in [6, 6.07) is 0. The highest BCUT2D eigenvalue weighted by molar-refractivity contribution is 8.15. The van der Waals surface area contributed by atoms with Crippen molar-refractivity contribution in [1.82, 2.24) is 10.3 Å². The third-order valence-corrected chi connectivity index (χ3v) is 3.47. The van der Waals surface area contributed by atoms with Crippen molar-refractivity contribution in [3.8, 4) is 0 Å². The molecule has 0 spiro atoms. The molecule has 2 amide bonds. The number of thioether (sulfide) groups is 1. The fraction of sp³-hybridized carbons (Fsp3) is 0.667. The lowest BCUT2D eigenvalue weighted by Crippen LogP contribution is -2.39. The van der Waals surface area contributed by atoms with Gasteiger partial charge in [0.2, 0.25) is 11.8 Å². The van der Waals surface area contributed by atoms with Gasteiger partial charge in [0.25, 0.3) is 0 Å². The van der Waals surface area contributed by atoms with Gasteiger partial charge >= 0.3 is 0 Å². The van der Waals surface area contributed by atoms with Crippen LogP contribution in [0.25, 0.3) is 0 Å². The molecule has 1 rings (SSSR count). The average molecular weight is 229 g/mol. The van der Waals surface area contributed by atoms with E-state index in [1.54, 1.807) is 0 Å². The zero-order chi connectivity index (χ0) is 11.6. The Morgan fingerprint density at radius 3 is 2.47 bits per heavy atom. The molecular weight excluding hydrogens is 214 g/mol. The first-order valence-corrected chi connectivity index (χ1v) is 5.56. The maximum atomic E-state index is 11.3. The number of amidine groups is 1. The Kier molecular flexibility index (Phi) is 3.38. The van der Waals surface area contributed by atoms with Gasteiger partial charge in [-0.3, -0.25) is 9.59 Å². The van der Waals surface area contributed by atoms with Crippen molar-refractivity contribution in [3.63, 3.8) is 0 Å². The van der Waals surface area contributed by atoms with Crippen molar-refractivity contribution in [1.29, 1.82) is 0 Å². The fourth-order valence-corrected chi connectivity index (χ4v) is 2.43. The molecule has 0 aromatic carbocycles. The zero-order valence-electron chi connectivity index (χ0n) is 9.33. The number of rotatable bonds is 1. The highest BCUT2D eigenvalue weighted by Gasteiger charge is 2.40. The Hall–Kier alpha value is -1.04. The summed E-state index contributed by atoms with van der Waals surface area (Å²) in [6.07, 6.45) is 0.768. The van der Waals surface area contributed by atoms with Gasteiger partial charge in [-0.15, -0.1) is 5.10 Å². The van der Waals surface area contributed by atoms with Gasteiger partial charge < -0.3 is 5.32 Å². The van der Waals surface area contributed by atoms with Gasteiger partial charge in [-0.1, -0.05) is 18.7 Å². The van der Waals surface area contributed by atoms with Crippen molar-refractivity contribution >= 4 is 28.7 Å². The van der Waals surface area contributed by atoms with Gasteiger partial charge in [-0.25, -0.2) is 5.01 Å². The van der Waals surface area contributed by atoms with Crippen molar-refractivity contribution in [2.45, 2.75) is 39.0 Å². The van der Waals surface area contributed by atoms with Crippen molar-refractivity contribution in [2.75, 3.05) is 0 Å². The molecule has 0 aliphatic carbocycles. The molecule has 15 heavy (non-hydrogen) atoms. The zero-order valence-corrected chi connectivity index (χ0v) is 10.1. The predicted molar refractivity (Wildman–Crippen MR) is 60.1 cm³/mol. The maximum Gasteiger partial charge on any atom is 0.240 e. The van der Waals surface area contributed by atoms with E-state index in [1.165, 1.54) is 30.6 Å². The normalized spacial score (nSPS) is 25.1. The number of carbonyl (C=O) groups is 2. The number of carbonyl (C=O) groups excluding carboxylic acids is 2. The van der Waals surface area contributed by atoms with Crippen LogP contribution in [0, 0.1) is 0 Å². The second kappa shape index (κ2) is 4.22. The summed E-state index contributed by atoms with van der Waals surface area (Å²) < 4.78 is 0. The number of nitrogens with zero attached hydrogens (tertiary/aromatic N) is 2. The summed E-state index contributed by atoms with van der Waals surface area (Å²) in [6.45, 7) is 6.80. The molecule has 1 N–H and O–H groups in total. The second-order valence-electron chi connectivity index (χ2n) is 3.55. The van der Waals surface area contributed by atoms with Crippen LogP contribution in [0.3, 0.4) is 0 Å². The van der Waals surface area contributed by atoms with Crippen LogP contribution in [-0.4, -0.2) is 26.9 Å². The molecule has 0 saturated heterocycles. The summed E-state index contributed by atoms with van der Waals surface area (Å²) >= 11 is 1.40.